The van der Waals surface area contributed by atoms with Crippen LogP contribution in [0.5, 0.6) is 0 Å². The van der Waals surface area contributed by atoms with Crippen LogP contribution in [0.3, 0.4) is 0 Å². The number of carbonyl (C=O) groups excluding carboxylic acids is 3. The summed E-state index contributed by atoms with van der Waals surface area (Å²) in [5, 5.41) is 5.77. The van der Waals surface area contributed by atoms with Gasteiger partial charge in [-0.3, -0.25) is 19.4 Å². The van der Waals surface area contributed by atoms with Gasteiger partial charge in [0.25, 0.3) is 11.5 Å². The minimum absolute atomic E-state index is 0.00885. The number of esters is 2. The summed E-state index contributed by atoms with van der Waals surface area (Å²) in [7, 11) is 0. The van der Waals surface area contributed by atoms with Crippen LogP contribution in [0.2, 0.25) is 0 Å². The molecule has 1 amide bonds. The summed E-state index contributed by atoms with van der Waals surface area (Å²) in [5.74, 6) is -0.860. The Morgan fingerprint density at radius 3 is 2.57 bits per heavy atom. The third kappa shape index (κ3) is 6.81. The Morgan fingerprint density at radius 1 is 1.17 bits per heavy atom. The lowest BCUT2D eigenvalue weighted by Crippen LogP contribution is -2.42. The maximum absolute atomic E-state index is 12.7. The fourth-order valence-corrected chi connectivity index (χ4v) is 3.97. The van der Waals surface area contributed by atoms with E-state index in [0.717, 1.165) is 12.0 Å². The van der Waals surface area contributed by atoms with Crippen molar-refractivity contribution in [3.8, 4) is 0 Å². The Balaban J connectivity index is 1.58. The van der Waals surface area contributed by atoms with E-state index >= 15 is 0 Å². The van der Waals surface area contributed by atoms with Crippen molar-refractivity contribution < 1.29 is 23.9 Å². The lowest BCUT2D eigenvalue weighted by Gasteiger charge is -2.17. The Morgan fingerprint density at radius 2 is 1.89 bits per heavy atom. The van der Waals surface area contributed by atoms with Crippen molar-refractivity contribution in [2.75, 3.05) is 30.8 Å². The molecule has 1 aliphatic heterocycles. The minimum atomic E-state index is -0.956. The molecule has 35 heavy (non-hydrogen) atoms. The minimum Gasteiger partial charge on any atom is -0.466 e. The summed E-state index contributed by atoms with van der Waals surface area (Å²) >= 11 is 0. The predicted molar refractivity (Wildman–Crippen MR) is 129 cm³/mol. The number of ether oxygens (including phenoxy) is 2. The number of fused-ring (bicyclic) bond motifs is 1. The van der Waals surface area contributed by atoms with E-state index in [9.17, 15) is 19.2 Å². The zero-order valence-electron chi connectivity index (χ0n) is 19.9. The number of hydrogen-bond donors (Lipinski definition) is 4. The fourth-order valence-electron chi connectivity index (χ4n) is 3.97. The largest absolute Gasteiger partial charge is 0.466 e. The summed E-state index contributed by atoms with van der Waals surface area (Å²) < 4.78 is 9.92. The molecule has 2 aromatic rings. The van der Waals surface area contributed by atoms with Crippen LogP contribution in [0.15, 0.2) is 29.1 Å². The van der Waals surface area contributed by atoms with Crippen molar-refractivity contribution in [3.05, 3.63) is 51.3 Å². The lowest BCUT2D eigenvalue weighted by molar-refractivity contribution is -0.146. The quantitative estimate of drug-likeness (QED) is 0.345. The third-order valence-electron chi connectivity index (χ3n) is 5.71. The summed E-state index contributed by atoms with van der Waals surface area (Å²) in [4.78, 5) is 55.5. The highest BCUT2D eigenvalue weighted by Crippen LogP contribution is 2.30. The average molecular weight is 486 g/mol. The number of aromatic amines is 1. The van der Waals surface area contributed by atoms with Crippen LogP contribution >= 0.6 is 0 Å². The molecule has 0 spiro atoms. The van der Waals surface area contributed by atoms with Crippen molar-refractivity contribution in [1.29, 1.82) is 0 Å². The smallest absolute Gasteiger partial charge is 0.328 e. The number of carbonyl (C=O) groups is 3. The monoisotopic (exact) mass is 485 g/mol. The van der Waals surface area contributed by atoms with Crippen molar-refractivity contribution in [1.82, 2.24) is 15.3 Å². The number of rotatable bonds is 11. The van der Waals surface area contributed by atoms with E-state index in [1.165, 1.54) is 0 Å². The van der Waals surface area contributed by atoms with Crippen LogP contribution < -0.4 is 21.9 Å². The molecule has 2 heterocycles. The maximum Gasteiger partial charge on any atom is 0.328 e. The molecule has 0 bridgehead atoms. The van der Waals surface area contributed by atoms with Gasteiger partial charge in [-0.15, -0.1) is 0 Å². The lowest BCUT2D eigenvalue weighted by atomic mass is 9.95. The normalized spacial score (nSPS) is 15.0. The first-order valence-corrected chi connectivity index (χ1v) is 11.7. The van der Waals surface area contributed by atoms with Crippen molar-refractivity contribution in [2.45, 2.75) is 51.5 Å². The molecule has 0 saturated heterocycles. The molecule has 0 radical (unpaired) electrons. The number of amides is 1. The summed E-state index contributed by atoms with van der Waals surface area (Å²) in [6, 6.07) is 6.06. The number of benzene rings is 1. The van der Waals surface area contributed by atoms with Gasteiger partial charge < -0.3 is 25.8 Å². The number of nitrogens with two attached hydrogens (primary N) is 1. The number of H-pyrrole nitrogens is 1. The van der Waals surface area contributed by atoms with Gasteiger partial charge in [0.05, 0.1) is 18.8 Å². The van der Waals surface area contributed by atoms with E-state index in [1.807, 2.05) is 12.1 Å². The zero-order chi connectivity index (χ0) is 25.4. The molecule has 0 aliphatic carbocycles. The van der Waals surface area contributed by atoms with Gasteiger partial charge in [-0.1, -0.05) is 12.1 Å². The molecular formula is C24H31N5O6. The molecule has 1 aromatic carbocycles. The Labute approximate surface area is 202 Å². The van der Waals surface area contributed by atoms with Gasteiger partial charge >= 0.3 is 11.9 Å². The molecule has 0 fully saturated rings. The van der Waals surface area contributed by atoms with E-state index in [0.29, 0.717) is 29.9 Å². The Kier molecular flexibility index (Phi) is 8.82. The Hall–Kier alpha value is -3.89. The molecule has 11 nitrogen and oxygen atoms in total. The van der Waals surface area contributed by atoms with Crippen LogP contribution in [0.1, 0.15) is 60.5 Å². The van der Waals surface area contributed by atoms with Crippen molar-refractivity contribution >= 4 is 29.6 Å². The van der Waals surface area contributed by atoms with Gasteiger partial charge in [0.15, 0.2) is 0 Å². The van der Waals surface area contributed by atoms with Gasteiger partial charge in [-0.2, -0.15) is 4.98 Å². The van der Waals surface area contributed by atoms with E-state index in [-0.39, 0.29) is 43.5 Å². The molecule has 2 atom stereocenters. The molecule has 1 aliphatic rings. The number of aryl methyl sites for hydroxylation is 1. The number of nitrogen functional groups attached to an aromatic ring is 1. The van der Waals surface area contributed by atoms with Crippen molar-refractivity contribution in [2.24, 2.45) is 0 Å². The molecule has 1 unspecified atom stereocenters. The second-order valence-electron chi connectivity index (χ2n) is 8.15. The molecule has 1 aromatic heterocycles. The standard InChI is InChI=1S/C24H31N5O6/c1-3-34-18(30)12-11-17(23(33)35-4-2)27-21(31)15-8-5-14(6-9-15)7-10-16-13-26-20-19(16)22(32)29-24(25)28-20/h5-6,8-9,16-17H,3-4,7,10-13H2,1-2H3,(H,27,31)(H4,25,26,28,29,32)/t16?,17-/m1/s1. The van der Waals surface area contributed by atoms with Gasteiger partial charge in [-0.05, 0) is 50.8 Å². The van der Waals surface area contributed by atoms with E-state index < -0.39 is 23.9 Å². The van der Waals surface area contributed by atoms with Crippen LogP contribution in [0.4, 0.5) is 11.8 Å². The molecular weight excluding hydrogens is 454 g/mol. The first-order chi connectivity index (χ1) is 16.8. The third-order valence-corrected chi connectivity index (χ3v) is 5.71. The summed E-state index contributed by atoms with van der Waals surface area (Å²) in [6.45, 7) is 4.38. The molecule has 3 rings (SSSR count). The molecule has 11 heteroatoms. The SMILES string of the molecule is CCOC(=O)CC[C@@H](NC(=O)c1ccc(CCC2CNc3nc(N)[nH]c(=O)c32)cc1)C(=O)OCC. The number of anilines is 2. The number of aromatic nitrogens is 2. The fraction of sp³-hybridized carbons (Fsp3) is 0.458. The highest BCUT2D eigenvalue weighted by Gasteiger charge is 2.27. The number of hydrogen-bond acceptors (Lipinski definition) is 9. The molecule has 0 saturated carbocycles. The summed E-state index contributed by atoms with van der Waals surface area (Å²) in [6.07, 6.45) is 1.49. The highest BCUT2D eigenvalue weighted by molar-refractivity contribution is 5.96. The second kappa shape index (κ2) is 12.0. The first-order valence-electron chi connectivity index (χ1n) is 11.7. The highest BCUT2D eigenvalue weighted by atomic mass is 16.5. The predicted octanol–water partition coefficient (Wildman–Crippen LogP) is 1.50. The average Bonchev–Trinajstić information content (AvgIpc) is 3.24. The van der Waals surface area contributed by atoms with E-state index in [1.54, 1.807) is 26.0 Å². The maximum atomic E-state index is 12.7. The van der Waals surface area contributed by atoms with Gasteiger partial charge in [0.1, 0.15) is 11.9 Å². The Bertz CT molecular complexity index is 1110. The van der Waals surface area contributed by atoms with Crippen LogP contribution in [0.25, 0.3) is 0 Å². The molecule has 188 valence electrons. The van der Waals surface area contributed by atoms with Crippen LogP contribution in [-0.4, -0.2) is 53.6 Å². The molecule has 5 N–H and O–H groups in total. The van der Waals surface area contributed by atoms with E-state index in [4.69, 9.17) is 15.2 Å². The zero-order valence-corrected chi connectivity index (χ0v) is 19.9. The number of nitrogens with one attached hydrogen (secondary N) is 3. The van der Waals surface area contributed by atoms with Gasteiger partial charge in [-0.25, -0.2) is 4.79 Å². The van der Waals surface area contributed by atoms with Crippen molar-refractivity contribution in [3.63, 3.8) is 0 Å². The number of nitrogens with zero attached hydrogens (tertiary/aromatic N) is 1. The second-order valence-corrected chi connectivity index (χ2v) is 8.15. The topological polar surface area (TPSA) is 165 Å². The van der Waals surface area contributed by atoms with Crippen LogP contribution in [-0.2, 0) is 25.5 Å². The van der Waals surface area contributed by atoms with Gasteiger partial charge in [0, 0.05) is 24.4 Å². The first kappa shape index (κ1) is 25.7. The summed E-state index contributed by atoms with van der Waals surface area (Å²) in [5.41, 5.74) is 7.36. The van der Waals surface area contributed by atoms with E-state index in [2.05, 4.69) is 20.6 Å². The van der Waals surface area contributed by atoms with Crippen LogP contribution in [0, 0.1) is 0 Å². The van der Waals surface area contributed by atoms with Gasteiger partial charge in [0.2, 0.25) is 5.95 Å².